The number of nitrogens with zero attached hydrogens (tertiary/aromatic N) is 2. The summed E-state index contributed by atoms with van der Waals surface area (Å²) in [7, 11) is 1.55. The summed E-state index contributed by atoms with van der Waals surface area (Å²) in [4.78, 5) is 30.7. The first kappa shape index (κ1) is 19.2. The Kier molecular flexibility index (Phi) is 5.64. The fourth-order valence-electron chi connectivity index (χ4n) is 3.44. The first-order chi connectivity index (χ1) is 14.1. The van der Waals surface area contributed by atoms with E-state index in [4.69, 9.17) is 9.47 Å². The van der Waals surface area contributed by atoms with Crippen molar-refractivity contribution in [3.63, 3.8) is 0 Å². The Morgan fingerprint density at radius 2 is 2.14 bits per heavy atom. The zero-order valence-corrected chi connectivity index (χ0v) is 16.5. The van der Waals surface area contributed by atoms with Crippen LogP contribution in [0.3, 0.4) is 0 Å². The van der Waals surface area contributed by atoms with Crippen LogP contribution in [0.1, 0.15) is 30.4 Å². The molecule has 0 saturated heterocycles. The molecular formula is C22H25N3O4. The van der Waals surface area contributed by atoms with Crippen molar-refractivity contribution in [1.82, 2.24) is 9.88 Å². The van der Waals surface area contributed by atoms with Gasteiger partial charge in [-0.25, -0.2) is 4.98 Å². The van der Waals surface area contributed by atoms with Crippen molar-refractivity contribution in [2.45, 2.75) is 32.2 Å². The SMILES string of the molecule is COc1ccc(NC(=O)CCc2ccc3c(c2)CN(C(=O)C2CC2)CCO3)cn1. The van der Waals surface area contributed by atoms with Crippen molar-refractivity contribution in [3.05, 3.63) is 47.7 Å². The van der Waals surface area contributed by atoms with Crippen LogP contribution >= 0.6 is 0 Å². The smallest absolute Gasteiger partial charge is 0.226 e. The Morgan fingerprint density at radius 1 is 1.28 bits per heavy atom. The average Bonchev–Trinajstić information content (AvgIpc) is 3.59. The molecule has 4 rings (SSSR count). The summed E-state index contributed by atoms with van der Waals surface area (Å²) in [5.74, 6) is 1.70. The Balaban J connectivity index is 1.35. The van der Waals surface area contributed by atoms with Gasteiger partial charge in [-0.1, -0.05) is 12.1 Å². The Bertz CT molecular complexity index is 893. The van der Waals surface area contributed by atoms with E-state index >= 15 is 0 Å². The van der Waals surface area contributed by atoms with E-state index in [1.807, 2.05) is 17.0 Å². The van der Waals surface area contributed by atoms with E-state index < -0.39 is 0 Å². The van der Waals surface area contributed by atoms with Crippen LogP contribution in [-0.2, 0) is 22.6 Å². The van der Waals surface area contributed by atoms with Crippen LogP contribution in [0.2, 0.25) is 0 Å². The van der Waals surface area contributed by atoms with Gasteiger partial charge >= 0.3 is 0 Å². The highest BCUT2D eigenvalue weighted by atomic mass is 16.5. The van der Waals surface area contributed by atoms with Crippen LogP contribution in [0.15, 0.2) is 36.5 Å². The summed E-state index contributed by atoms with van der Waals surface area (Å²) in [5, 5.41) is 2.84. The molecule has 2 aliphatic rings. The Hall–Kier alpha value is -3.09. The van der Waals surface area contributed by atoms with E-state index in [1.54, 1.807) is 25.4 Å². The fourth-order valence-corrected chi connectivity index (χ4v) is 3.44. The van der Waals surface area contributed by atoms with Gasteiger partial charge in [-0.15, -0.1) is 0 Å². The normalized spacial score (nSPS) is 15.7. The predicted octanol–water partition coefficient (Wildman–Crippen LogP) is 2.79. The number of aromatic nitrogens is 1. The Labute approximate surface area is 170 Å². The third-order valence-corrected chi connectivity index (χ3v) is 5.21. The quantitative estimate of drug-likeness (QED) is 0.814. The molecule has 2 aromatic rings. The molecule has 1 aromatic heterocycles. The van der Waals surface area contributed by atoms with Gasteiger partial charge in [0.15, 0.2) is 0 Å². The molecule has 0 atom stereocenters. The van der Waals surface area contributed by atoms with Gasteiger partial charge in [0.2, 0.25) is 17.7 Å². The lowest BCUT2D eigenvalue weighted by Gasteiger charge is -2.19. The molecule has 2 amide bonds. The number of fused-ring (bicyclic) bond motifs is 1. The lowest BCUT2D eigenvalue weighted by atomic mass is 10.0. The lowest BCUT2D eigenvalue weighted by Crippen LogP contribution is -2.33. The highest BCUT2D eigenvalue weighted by Crippen LogP contribution is 2.33. The molecule has 1 aliphatic heterocycles. The molecule has 0 spiro atoms. The van der Waals surface area contributed by atoms with Crippen LogP contribution in [0.4, 0.5) is 5.69 Å². The van der Waals surface area contributed by atoms with E-state index in [-0.39, 0.29) is 17.7 Å². The van der Waals surface area contributed by atoms with Crippen molar-refractivity contribution < 1.29 is 19.1 Å². The average molecular weight is 395 g/mol. The minimum absolute atomic E-state index is 0.0753. The predicted molar refractivity (Wildman–Crippen MR) is 108 cm³/mol. The summed E-state index contributed by atoms with van der Waals surface area (Å²) in [6, 6.07) is 9.45. The highest BCUT2D eigenvalue weighted by Gasteiger charge is 2.34. The lowest BCUT2D eigenvalue weighted by molar-refractivity contribution is -0.133. The number of pyridine rings is 1. The van der Waals surface area contributed by atoms with Crippen molar-refractivity contribution >= 4 is 17.5 Å². The van der Waals surface area contributed by atoms with Gasteiger partial charge in [0.1, 0.15) is 12.4 Å². The van der Waals surface area contributed by atoms with E-state index in [1.165, 1.54) is 0 Å². The molecule has 1 aliphatic carbocycles. The van der Waals surface area contributed by atoms with Crippen LogP contribution in [0, 0.1) is 5.92 Å². The minimum atomic E-state index is -0.0753. The molecule has 1 saturated carbocycles. The molecule has 1 aromatic carbocycles. The number of carbonyl (C=O) groups is 2. The zero-order chi connectivity index (χ0) is 20.2. The number of ether oxygens (including phenoxy) is 2. The number of hydrogen-bond donors (Lipinski definition) is 1. The van der Waals surface area contributed by atoms with Gasteiger partial charge in [0.05, 0.1) is 25.5 Å². The molecule has 2 heterocycles. The van der Waals surface area contributed by atoms with Gasteiger partial charge in [-0.2, -0.15) is 0 Å². The van der Waals surface area contributed by atoms with E-state index in [2.05, 4.69) is 16.4 Å². The van der Waals surface area contributed by atoms with E-state index in [0.717, 1.165) is 29.7 Å². The number of amides is 2. The van der Waals surface area contributed by atoms with Gasteiger partial charge in [0.25, 0.3) is 0 Å². The summed E-state index contributed by atoms with van der Waals surface area (Å²) >= 11 is 0. The van der Waals surface area contributed by atoms with Crippen LogP contribution in [0.25, 0.3) is 0 Å². The van der Waals surface area contributed by atoms with Crippen LogP contribution < -0.4 is 14.8 Å². The molecule has 0 radical (unpaired) electrons. The molecule has 29 heavy (non-hydrogen) atoms. The first-order valence-electron chi connectivity index (χ1n) is 9.95. The molecule has 0 bridgehead atoms. The molecule has 1 N–H and O–H groups in total. The molecule has 152 valence electrons. The maximum absolute atomic E-state index is 12.4. The van der Waals surface area contributed by atoms with E-state index in [9.17, 15) is 9.59 Å². The fraction of sp³-hybridized carbons (Fsp3) is 0.409. The Morgan fingerprint density at radius 3 is 2.86 bits per heavy atom. The molecule has 7 heteroatoms. The van der Waals surface area contributed by atoms with Crippen LogP contribution in [0.5, 0.6) is 11.6 Å². The number of benzene rings is 1. The van der Waals surface area contributed by atoms with Crippen molar-refractivity contribution in [1.29, 1.82) is 0 Å². The number of aryl methyl sites for hydroxylation is 1. The van der Waals surface area contributed by atoms with Crippen molar-refractivity contribution in [2.24, 2.45) is 5.92 Å². The number of anilines is 1. The van der Waals surface area contributed by atoms with Gasteiger partial charge in [-0.05, 0) is 37.0 Å². The first-order valence-corrected chi connectivity index (χ1v) is 9.95. The molecule has 1 fully saturated rings. The van der Waals surface area contributed by atoms with Crippen LogP contribution in [-0.4, -0.2) is 42.0 Å². The number of nitrogens with one attached hydrogen (secondary N) is 1. The van der Waals surface area contributed by atoms with Crippen molar-refractivity contribution in [2.75, 3.05) is 25.6 Å². The van der Waals surface area contributed by atoms with Gasteiger partial charge < -0.3 is 19.7 Å². The largest absolute Gasteiger partial charge is 0.491 e. The maximum Gasteiger partial charge on any atom is 0.226 e. The minimum Gasteiger partial charge on any atom is -0.491 e. The van der Waals surface area contributed by atoms with Gasteiger partial charge in [0, 0.05) is 30.5 Å². The third kappa shape index (κ3) is 4.85. The second-order valence-electron chi connectivity index (χ2n) is 7.46. The number of carbonyl (C=O) groups excluding carboxylic acids is 2. The van der Waals surface area contributed by atoms with E-state index in [0.29, 0.717) is 44.1 Å². The summed E-state index contributed by atoms with van der Waals surface area (Å²) in [6.45, 7) is 1.71. The standard InChI is InChI=1S/C22H25N3O4/c1-28-21-9-6-18(13-23-21)24-20(26)8-3-15-2-7-19-17(12-15)14-25(10-11-29-19)22(27)16-4-5-16/h2,6-7,9,12-13,16H,3-5,8,10-11,14H2,1H3,(H,24,26). The maximum atomic E-state index is 12.4. The zero-order valence-electron chi connectivity index (χ0n) is 16.5. The highest BCUT2D eigenvalue weighted by molar-refractivity contribution is 5.90. The molecule has 0 unspecified atom stereocenters. The topological polar surface area (TPSA) is 80.8 Å². The van der Waals surface area contributed by atoms with Crippen molar-refractivity contribution in [3.8, 4) is 11.6 Å². The molecular weight excluding hydrogens is 370 g/mol. The van der Waals surface area contributed by atoms with Gasteiger partial charge in [-0.3, -0.25) is 9.59 Å². The summed E-state index contributed by atoms with van der Waals surface area (Å²) in [6.07, 6.45) is 4.54. The number of hydrogen-bond acceptors (Lipinski definition) is 5. The summed E-state index contributed by atoms with van der Waals surface area (Å²) in [5.41, 5.74) is 2.70. The number of methoxy groups -OCH3 is 1. The number of rotatable bonds is 6. The second-order valence-corrected chi connectivity index (χ2v) is 7.46. The summed E-state index contributed by atoms with van der Waals surface area (Å²) < 4.78 is 10.8. The monoisotopic (exact) mass is 395 g/mol. The molecule has 7 nitrogen and oxygen atoms in total. The third-order valence-electron chi connectivity index (χ3n) is 5.21. The second kappa shape index (κ2) is 8.51.